The Labute approximate surface area is 93.3 Å². The van der Waals surface area contributed by atoms with Crippen molar-refractivity contribution in [3.63, 3.8) is 0 Å². The van der Waals surface area contributed by atoms with E-state index in [1.54, 1.807) is 0 Å². The third-order valence-corrected chi connectivity index (χ3v) is 2.44. The fourth-order valence-corrected chi connectivity index (χ4v) is 1.55. The lowest BCUT2D eigenvalue weighted by Crippen LogP contribution is -2.17. The minimum Gasteiger partial charge on any atom is -0.393 e. The molecule has 0 aliphatic carbocycles. The van der Waals surface area contributed by atoms with Crippen LogP contribution < -0.4 is 0 Å². The van der Waals surface area contributed by atoms with Gasteiger partial charge in [0.1, 0.15) is 0 Å². The Hall–Kier alpha value is -0.600. The van der Waals surface area contributed by atoms with Crippen molar-refractivity contribution in [1.82, 2.24) is 0 Å². The van der Waals surface area contributed by atoms with Gasteiger partial charge in [0.15, 0.2) is 0 Å². The number of aliphatic hydroxyl groups excluding tert-OH is 2. The molecule has 0 unspecified atom stereocenters. The second kappa shape index (κ2) is 9.94. The monoisotopic (exact) mass is 212 g/mol. The van der Waals surface area contributed by atoms with Crippen molar-refractivity contribution in [2.45, 2.75) is 57.2 Å². The van der Waals surface area contributed by atoms with Crippen LogP contribution in [0.4, 0.5) is 0 Å². The maximum Gasteiger partial charge on any atom is 0.0565 e. The minimum absolute atomic E-state index is 0.372. The summed E-state index contributed by atoms with van der Waals surface area (Å²) >= 11 is 0. The Kier molecular flexibility index (Phi) is 9.54. The molecule has 0 aromatic heterocycles. The third kappa shape index (κ3) is 9.70. The molecule has 0 saturated heterocycles. The Balaban J connectivity index is 3.43. The Morgan fingerprint density at radius 1 is 0.867 bits per heavy atom. The molecule has 2 N–H and O–H groups in total. The average molecular weight is 212 g/mol. The van der Waals surface area contributed by atoms with E-state index in [0.29, 0.717) is 6.42 Å². The van der Waals surface area contributed by atoms with Crippen LogP contribution in [-0.2, 0) is 0 Å². The smallest absolute Gasteiger partial charge is 0.0565 e. The van der Waals surface area contributed by atoms with E-state index in [1.807, 2.05) is 12.2 Å². The average Bonchev–Trinajstić information content (AvgIpc) is 2.18. The molecule has 0 bridgehead atoms. The highest BCUT2D eigenvalue weighted by atomic mass is 16.3. The lowest BCUT2D eigenvalue weighted by Gasteiger charge is -2.14. The van der Waals surface area contributed by atoms with Gasteiger partial charge in [-0.05, 0) is 44.9 Å². The molecule has 15 heavy (non-hydrogen) atoms. The highest BCUT2D eigenvalue weighted by molar-refractivity contribution is 4.71. The van der Waals surface area contributed by atoms with Gasteiger partial charge in [0.25, 0.3) is 0 Å². The predicted molar refractivity (Wildman–Crippen MR) is 64.7 cm³/mol. The molecular weight excluding hydrogens is 188 g/mol. The van der Waals surface area contributed by atoms with Gasteiger partial charge in [-0.15, -0.1) is 13.2 Å². The van der Waals surface area contributed by atoms with Crippen molar-refractivity contribution in [2.75, 3.05) is 0 Å². The van der Waals surface area contributed by atoms with Crippen molar-refractivity contribution in [3.8, 4) is 0 Å². The van der Waals surface area contributed by atoms with Crippen LogP contribution in [0.3, 0.4) is 0 Å². The van der Waals surface area contributed by atoms with Gasteiger partial charge < -0.3 is 10.2 Å². The van der Waals surface area contributed by atoms with E-state index >= 15 is 0 Å². The first-order chi connectivity index (χ1) is 7.20. The fraction of sp³-hybridized carbons (Fsp3) is 0.692. The van der Waals surface area contributed by atoms with Gasteiger partial charge in [-0.2, -0.15) is 0 Å². The summed E-state index contributed by atoms with van der Waals surface area (Å²) in [6.45, 7) is 7.26. The predicted octanol–water partition coefficient (Wildman–Crippen LogP) is 2.81. The second-order valence-electron chi connectivity index (χ2n) is 3.98. The molecule has 0 aliphatic rings. The Morgan fingerprint density at radius 2 is 1.27 bits per heavy atom. The number of hydrogen-bond donors (Lipinski definition) is 2. The van der Waals surface area contributed by atoms with Gasteiger partial charge in [-0.1, -0.05) is 12.2 Å². The molecule has 0 radical (unpaired) electrons. The van der Waals surface area contributed by atoms with Crippen LogP contribution >= 0.6 is 0 Å². The first kappa shape index (κ1) is 14.4. The van der Waals surface area contributed by atoms with E-state index in [9.17, 15) is 10.2 Å². The molecule has 0 amide bonds. The second-order valence-corrected chi connectivity index (χ2v) is 3.98. The molecule has 88 valence electrons. The van der Waals surface area contributed by atoms with Gasteiger partial charge in [0, 0.05) is 0 Å². The standard InChI is InChI=1S/C13H24O2/c1-3-5-7-9-12(14)11-13(15)10-8-6-4-2/h3-4,12-15H,1-2,5-11H2/t12-,13-/m0/s1. The van der Waals surface area contributed by atoms with Gasteiger partial charge in [0.2, 0.25) is 0 Å². The topological polar surface area (TPSA) is 40.5 Å². The highest BCUT2D eigenvalue weighted by Crippen LogP contribution is 2.11. The molecule has 0 saturated carbocycles. The van der Waals surface area contributed by atoms with E-state index in [1.165, 1.54) is 0 Å². The Bertz CT molecular complexity index is 148. The number of aliphatic hydroxyl groups is 2. The molecule has 2 heteroatoms. The van der Waals surface area contributed by atoms with Crippen LogP contribution in [0.5, 0.6) is 0 Å². The van der Waals surface area contributed by atoms with Crippen LogP contribution in [0, 0.1) is 0 Å². The number of hydrogen-bond acceptors (Lipinski definition) is 2. The maximum atomic E-state index is 9.59. The maximum absolute atomic E-state index is 9.59. The summed E-state index contributed by atoms with van der Waals surface area (Å²) in [5.74, 6) is 0. The summed E-state index contributed by atoms with van der Waals surface area (Å²) in [6.07, 6.45) is 8.73. The summed E-state index contributed by atoms with van der Waals surface area (Å²) in [7, 11) is 0. The number of rotatable bonds is 10. The van der Waals surface area contributed by atoms with E-state index in [0.717, 1.165) is 38.5 Å². The first-order valence-corrected chi connectivity index (χ1v) is 5.78. The lowest BCUT2D eigenvalue weighted by atomic mass is 10.0. The zero-order chi connectivity index (χ0) is 11.5. The van der Waals surface area contributed by atoms with Crippen molar-refractivity contribution in [3.05, 3.63) is 25.3 Å². The van der Waals surface area contributed by atoms with Gasteiger partial charge in [-0.25, -0.2) is 0 Å². The molecule has 0 rings (SSSR count). The summed E-state index contributed by atoms with van der Waals surface area (Å²) < 4.78 is 0. The van der Waals surface area contributed by atoms with Gasteiger partial charge in [0.05, 0.1) is 12.2 Å². The van der Waals surface area contributed by atoms with Gasteiger partial charge in [-0.3, -0.25) is 0 Å². The van der Waals surface area contributed by atoms with Crippen LogP contribution in [0.2, 0.25) is 0 Å². The van der Waals surface area contributed by atoms with Crippen LogP contribution in [0.25, 0.3) is 0 Å². The summed E-state index contributed by atoms with van der Waals surface area (Å²) in [6, 6.07) is 0. The highest BCUT2D eigenvalue weighted by Gasteiger charge is 2.10. The van der Waals surface area contributed by atoms with E-state index in [4.69, 9.17) is 0 Å². The van der Waals surface area contributed by atoms with Crippen molar-refractivity contribution >= 4 is 0 Å². The fourth-order valence-electron chi connectivity index (χ4n) is 1.55. The van der Waals surface area contributed by atoms with Crippen molar-refractivity contribution in [2.24, 2.45) is 0 Å². The molecule has 2 nitrogen and oxygen atoms in total. The van der Waals surface area contributed by atoms with Crippen molar-refractivity contribution < 1.29 is 10.2 Å². The zero-order valence-electron chi connectivity index (χ0n) is 9.57. The van der Waals surface area contributed by atoms with Crippen molar-refractivity contribution in [1.29, 1.82) is 0 Å². The van der Waals surface area contributed by atoms with E-state index in [-0.39, 0.29) is 12.2 Å². The van der Waals surface area contributed by atoms with Crippen LogP contribution in [0.1, 0.15) is 44.9 Å². The molecule has 0 aliphatic heterocycles. The molecule has 0 spiro atoms. The lowest BCUT2D eigenvalue weighted by molar-refractivity contribution is 0.0692. The normalized spacial score (nSPS) is 14.5. The largest absolute Gasteiger partial charge is 0.393 e. The third-order valence-electron chi connectivity index (χ3n) is 2.44. The minimum atomic E-state index is -0.372. The zero-order valence-corrected chi connectivity index (χ0v) is 9.57. The van der Waals surface area contributed by atoms with E-state index in [2.05, 4.69) is 13.2 Å². The Morgan fingerprint density at radius 3 is 1.60 bits per heavy atom. The molecule has 0 fully saturated rings. The number of unbranched alkanes of at least 4 members (excludes halogenated alkanes) is 2. The molecule has 0 heterocycles. The first-order valence-electron chi connectivity index (χ1n) is 5.78. The van der Waals surface area contributed by atoms with Crippen LogP contribution in [-0.4, -0.2) is 22.4 Å². The quantitative estimate of drug-likeness (QED) is 0.432. The van der Waals surface area contributed by atoms with Gasteiger partial charge >= 0.3 is 0 Å². The summed E-state index contributed by atoms with van der Waals surface area (Å²) in [5.41, 5.74) is 0. The summed E-state index contributed by atoms with van der Waals surface area (Å²) in [5, 5.41) is 19.2. The van der Waals surface area contributed by atoms with E-state index < -0.39 is 0 Å². The summed E-state index contributed by atoms with van der Waals surface area (Å²) in [4.78, 5) is 0. The molecule has 0 aromatic rings. The van der Waals surface area contributed by atoms with Crippen LogP contribution in [0.15, 0.2) is 25.3 Å². The molecule has 0 aromatic carbocycles. The number of allylic oxidation sites excluding steroid dienone is 2. The molecule has 2 atom stereocenters. The SMILES string of the molecule is C=CCCC[C@H](O)C[C@@H](O)CCCC=C. The molecular formula is C13H24O2.